The first-order valence-electron chi connectivity index (χ1n) is 9.66. The van der Waals surface area contributed by atoms with Crippen molar-refractivity contribution in [3.05, 3.63) is 36.4 Å². The summed E-state index contributed by atoms with van der Waals surface area (Å²) in [6.07, 6.45) is 3.11. The van der Waals surface area contributed by atoms with E-state index in [9.17, 15) is 13.2 Å². The lowest BCUT2D eigenvalue weighted by Crippen LogP contribution is -2.43. The number of amides is 1. The lowest BCUT2D eigenvalue weighted by molar-refractivity contribution is -0.135. The topological polar surface area (TPSA) is 79.8 Å². The first-order valence-corrected chi connectivity index (χ1v) is 11.5. The number of nitrogens with zero attached hydrogens (tertiary/aromatic N) is 3. The summed E-state index contributed by atoms with van der Waals surface area (Å²) < 4.78 is 30.7. The van der Waals surface area contributed by atoms with Gasteiger partial charge in [0.25, 0.3) is 0 Å². The Kier molecular flexibility index (Phi) is 5.25. The van der Waals surface area contributed by atoms with Gasteiger partial charge in [0.2, 0.25) is 21.8 Å². The van der Waals surface area contributed by atoms with Crippen molar-refractivity contribution in [2.45, 2.75) is 25.4 Å². The molecule has 1 aromatic carbocycles. The fourth-order valence-corrected chi connectivity index (χ4v) is 4.88. The highest BCUT2D eigenvalue weighted by atomic mass is 32.2. The monoisotopic (exact) mass is 403 g/mol. The maximum atomic E-state index is 12.8. The molecule has 0 spiro atoms. The van der Waals surface area contributed by atoms with Crippen molar-refractivity contribution in [1.82, 2.24) is 14.2 Å². The fourth-order valence-electron chi connectivity index (χ4n) is 4.00. The summed E-state index contributed by atoms with van der Waals surface area (Å²) in [7, 11) is -3.17. The molecule has 0 saturated carbocycles. The lowest BCUT2D eigenvalue weighted by Gasteiger charge is -2.31. The van der Waals surface area contributed by atoms with Crippen LogP contribution in [0.5, 0.6) is 5.88 Å². The SMILES string of the molecule is CS(=O)(=O)N1CCC(C(=O)N2CC[C@H](Oc3ccc4ccccc4n3)C2)CC1. The molecule has 0 bridgehead atoms. The molecule has 8 heteroatoms. The average Bonchev–Trinajstić information content (AvgIpc) is 3.15. The molecule has 0 N–H and O–H groups in total. The Labute approximate surface area is 165 Å². The maximum absolute atomic E-state index is 12.8. The van der Waals surface area contributed by atoms with Crippen molar-refractivity contribution in [1.29, 1.82) is 0 Å². The molecule has 2 aliphatic heterocycles. The summed E-state index contributed by atoms with van der Waals surface area (Å²) in [4.78, 5) is 19.2. The Hall–Kier alpha value is -2.19. The van der Waals surface area contributed by atoms with E-state index in [1.54, 1.807) is 0 Å². The standard InChI is InChI=1S/C20H25N3O4S/c1-28(25,26)23-12-8-16(9-13-23)20(24)22-11-10-17(14-22)27-19-7-6-15-4-2-3-5-18(15)21-19/h2-7,16-17H,8-14H2,1H3/t17-/m0/s1. The third-order valence-corrected chi connectivity index (χ3v) is 6.89. The van der Waals surface area contributed by atoms with Gasteiger partial charge in [0, 0.05) is 43.4 Å². The number of pyridine rings is 1. The van der Waals surface area contributed by atoms with Crippen LogP contribution < -0.4 is 4.74 Å². The van der Waals surface area contributed by atoms with E-state index in [4.69, 9.17) is 4.74 Å². The summed E-state index contributed by atoms with van der Waals surface area (Å²) in [6.45, 7) is 2.07. The van der Waals surface area contributed by atoms with Crippen LogP contribution >= 0.6 is 0 Å². The van der Waals surface area contributed by atoms with E-state index in [0.29, 0.717) is 44.9 Å². The van der Waals surface area contributed by atoms with Crippen molar-refractivity contribution >= 4 is 26.8 Å². The third-order valence-electron chi connectivity index (χ3n) is 5.59. The van der Waals surface area contributed by atoms with E-state index >= 15 is 0 Å². The molecule has 1 amide bonds. The molecule has 4 rings (SSSR count). The van der Waals surface area contributed by atoms with Crippen molar-refractivity contribution in [3.63, 3.8) is 0 Å². The Morgan fingerprint density at radius 3 is 2.57 bits per heavy atom. The van der Waals surface area contributed by atoms with Gasteiger partial charge < -0.3 is 9.64 Å². The van der Waals surface area contributed by atoms with E-state index in [1.807, 2.05) is 41.3 Å². The number of sulfonamides is 1. The van der Waals surface area contributed by atoms with E-state index in [-0.39, 0.29) is 17.9 Å². The fraction of sp³-hybridized carbons (Fsp3) is 0.500. The zero-order valence-corrected chi connectivity index (χ0v) is 16.8. The molecule has 1 atom stereocenters. The van der Waals surface area contributed by atoms with Gasteiger partial charge in [-0.05, 0) is 25.0 Å². The van der Waals surface area contributed by atoms with Crippen LogP contribution in [0.15, 0.2) is 36.4 Å². The van der Waals surface area contributed by atoms with Crippen molar-refractivity contribution in [2.75, 3.05) is 32.4 Å². The Morgan fingerprint density at radius 1 is 1.07 bits per heavy atom. The minimum atomic E-state index is -3.17. The molecule has 2 fully saturated rings. The number of para-hydroxylation sites is 1. The summed E-state index contributed by atoms with van der Waals surface area (Å²) in [6, 6.07) is 11.8. The lowest BCUT2D eigenvalue weighted by atomic mass is 9.97. The number of fused-ring (bicyclic) bond motifs is 1. The molecule has 0 unspecified atom stereocenters. The molecule has 2 aliphatic rings. The largest absolute Gasteiger partial charge is 0.472 e. The van der Waals surface area contributed by atoms with Crippen LogP contribution in [0.2, 0.25) is 0 Å². The number of likely N-dealkylation sites (tertiary alicyclic amines) is 1. The zero-order chi connectivity index (χ0) is 19.7. The van der Waals surface area contributed by atoms with Gasteiger partial charge in [-0.3, -0.25) is 4.79 Å². The van der Waals surface area contributed by atoms with E-state index in [1.165, 1.54) is 10.6 Å². The number of carbonyl (C=O) groups is 1. The van der Waals surface area contributed by atoms with Gasteiger partial charge in [0.1, 0.15) is 6.10 Å². The van der Waals surface area contributed by atoms with E-state index in [2.05, 4.69) is 4.98 Å². The number of hydrogen-bond acceptors (Lipinski definition) is 5. The van der Waals surface area contributed by atoms with Crippen LogP contribution in [0.25, 0.3) is 10.9 Å². The van der Waals surface area contributed by atoms with Crippen molar-refractivity contribution in [2.24, 2.45) is 5.92 Å². The second-order valence-corrected chi connectivity index (χ2v) is 9.57. The second-order valence-electron chi connectivity index (χ2n) is 7.59. The average molecular weight is 404 g/mol. The first-order chi connectivity index (χ1) is 13.4. The molecule has 28 heavy (non-hydrogen) atoms. The molecule has 1 aromatic heterocycles. The van der Waals surface area contributed by atoms with Gasteiger partial charge in [0.05, 0.1) is 18.3 Å². The van der Waals surface area contributed by atoms with Gasteiger partial charge >= 0.3 is 0 Å². The maximum Gasteiger partial charge on any atom is 0.225 e. The van der Waals surface area contributed by atoms with E-state index in [0.717, 1.165) is 17.3 Å². The molecular weight excluding hydrogens is 378 g/mol. The highest BCUT2D eigenvalue weighted by Gasteiger charge is 2.35. The molecule has 3 heterocycles. The number of piperidine rings is 1. The second kappa shape index (κ2) is 7.67. The Morgan fingerprint density at radius 2 is 1.82 bits per heavy atom. The van der Waals surface area contributed by atoms with E-state index < -0.39 is 10.0 Å². The third kappa shape index (κ3) is 4.12. The first kappa shape index (κ1) is 19.1. The minimum absolute atomic E-state index is 0.0614. The quantitative estimate of drug-likeness (QED) is 0.779. The number of rotatable bonds is 4. The minimum Gasteiger partial charge on any atom is -0.472 e. The number of ether oxygens (including phenoxy) is 1. The zero-order valence-electron chi connectivity index (χ0n) is 16.0. The molecule has 0 aliphatic carbocycles. The van der Waals surface area contributed by atoms with Gasteiger partial charge in [-0.2, -0.15) is 0 Å². The summed E-state index contributed by atoms with van der Waals surface area (Å²) in [5.74, 6) is 0.598. The number of hydrogen-bond donors (Lipinski definition) is 0. The molecular formula is C20H25N3O4S. The Balaban J connectivity index is 1.33. The Bertz CT molecular complexity index is 970. The summed E-state index contributed by atoms with van der Waals surface area (Å²) in [5, 5.41) is 1.07. The van der Waals surface area contributed by atoms with Crippen LogP contribution in [0.1, 0.15) is 19.3 Å². The van der Waals surface area contributed by atoms with Crippen LogP contribution in [0.3, 0.4) is 0 Å². The molecule has 7 nitrogen and oxygen atoms in total. The van der Waals surface area contributed by atoms with Crippen LogP contribution in [-0.2, 0) is 14.8 Å². The van der Waals surface area contributed by atoms with Gasteiger partial charge in [0.15, 0.2) is 0 Å². The number of aromatic nitrogens is 1. The normalized spacial score (nSPS) is 21.9. The molecule has 2 aromatic rings. The number of benzene rings is 1. The summed E-state index contributed by atoms with van der Waals surface area (Å²) >= 11 is 0. The highest BCUT2D eigenvalue weighted by molar-refractivity contribution is 7.88. The van der Waals surface area contributed by atoms with Crippen LogP contribution in [-0.4, -0.2) is 67.1 Å². The predicted octanol–water partition coefficient (Wildman–Crippen LogP) is 1.89. The molecule has 0 radical (unpaired) electrons. The van der Waals surface area contributed by atoms with Gasteiger partial charge in [-0.15, -0.1) is 0 Å². The number of carbonyl (C=O) groups excluding carboxylic acids is 1. The summed E-state index contributed by atoms with van der Waals surface area (Å²) in [5.41, 5.74) is 0.892. The molecule has 150 valence electrons. The predicted molar refractivity (Wildman–Crippen MR) is 106 cm³/mol. The van der Waals surface area contributed by atoms with Gasteiger partial charge in [-0.25, -0.2) is 17.7 Å². The smallest absolute Gasteiger partial charge is 0.225 e. The van der Waals surface area contributed by atoms with Gasteiger partial charge in [-0.1, -0.05) is 18.2 Å². The highest BCUT2D eigenvalue weighted by Crippen LogP contribution is 2.25. The van der Waals surface area contributed by atoms with Crippen LogP contribution in [0, 0.1) is 5.92 Å². The molecule has 2 saturated heterocycles. The van der Waals surface area contributed by atoms with Crippen molar-refractivity contribution in [3.8, 4) is 5.88 Å². The van der Waals surface area contributed by atoms with Crippen LogP contribution in [0.4, 0.5) is 0 Å². The van der Waals surface area contributed by atoms with Crippen molar-refractivity contribution < 1.29 is 17.9 Å².